The highest BCUT2D eigenvalue weighted by molar-refractivity contribution is 5.92. The Labute approximate surface area is 156 Å². The third-order valence-electron chi connectivity index (χ3n) is 4.26. The summed E-state index contributed by atoms with van der Waals surface area (Å²) in [6.07, 6.45) is -3.26. The number of carbonyl (C=O) groups is 1. The molecular weight excluding hydrogens is 382 g/mol. The van der Waals surface area contributed by atoms with Gasteiger partial charge in [0.1, 0.15) is 11.5 Å². The number of amides is 1. The number of hydrogen-bond acceptors (Lipinski definition) is 4. The van der Waals surface area contributed by atoms with Crippen molar-refractivity contribution in [2.24, 2.45) is 0 Å². The van der Waals surface area contributed by atoms with Crippen LogP contribution < -0.4 is 15.6 Å². The number of rotatable bonds is 5. The van der Waals surface area contributed by atoms with Crippen molar-refractivity contribution in [1.29, 1.82) is 0 Å². The van der Waals surface area contributed by atoms with E-state index in [1.807, 2.05) is 0 Å². The Balaban J connectivity index is 1.80. The fraction of sp³-hybridized carbons (Fsp3) is 0.389. The van der Waals surface area contributed by atoms with Crippen LogP contribution in [0.1, 0.15) is 54.5 Å². The quantitative estimate of drug-likeness (QED) is 0.756. The molecule has 0 unspecified atom stereocenters. The van der Waals surface area contributed by atoms with Crippen molar-refractivity contribution < 1.29 is 27.1 Å². The van der Waals surface area contributed by atoms with Gasteiger partial charge in [0.25, 0.3) is 11.5 Å². The zero-order valence-electron chi connectivity index (χ0n) is 15.0. The van der Waals surface area contributed by atoms with E-state index in [0.29, 0.717) is 5.82 Å². The molecule has 0 atom stereocenters. The molecule has 1 aromatic heterocycles. The molecule has 1 aromatic carbocycles. The molecule has 150 valence electrons. The lowest BCUT2D eigenvalue weighted by Gasteiger charge is -2.27. The first-order chi connectivity index (χ1) is 12.9. The number of ether oxygens (including phenoxy) is 1. The second-order valence-corrected chi connectivity index (χ2v) is 7.06. The van der Waals surface area contributed by atoms with Gasteiger partial charge in [0.2, 0.25) is 0 Å². The van der Waals surface area contributed by atoms with E-state index in [9.17, 15) is 27.2 Å². The van der Waals surface area contributed by atoms with E-state index in [-0.39, 0.29) is 17.2 Å². The van der Waals surface area contributed by atoms with Gasteiger partial charge in [-0.15, -0.1) is 13.2 Å². The van der Waals surface area contributed by atoms with Gasteiger partial charge in [-0.2, -0.15) is 0 Å². The average Bonchev–Trinajstić information content (AvgIpc) is 3.39. The van der Waals surface area contributed by atoms with Crippen LogP contribution in [0.15, 0.2) is 29.1 Å². The molecule has 1 aliphatic carbocycles. The van der Waals surface area contributed by atoms with E-state index in [2.05, 4.69) is 20.0 Å². The van der Waals surface area contributed by atoms with Crippen LogP contribution in [0.2, 0.25) is 0 Å². The van der Waals surface area contributed by atoms with E-state index >= 15 is 0 Å². The maximum atomic E-state index is 14.0. The van der Waals surface area contributed by atoms with Crippen molar-refractivity contribution in [1.82, 2.24) is 15.3 Å². The number of aromatic amines is 1. The number of alkyl halides is 3. The van der Waals surface area contributed by atoms with Crippen LogP contribution in [0, 0.1) is 5.82 Å². The van der Waals surface area contributed by atoms with Gasteiger partial charge in [-0.25, -0.2) is 9.37 Å². The fourth-order valence-corrected chi connectivity index (χ4v) is 2.66. The number of hydrogen-bond donors (Lipinski definition) is 2. The minimum atomic E-state index is -5.02. The lowest BCUT2D eigenvalue weighted by atomic mass is 9.93. The van der Waals surface area contributed by atoms with Gasteiger partial charge in [-0.3, -0.25) is 9.59 Å². The molecule has 1 saturated carbocycles. The Morgan fingerprint density at radius 2 is 1.93 bits per heavy atom. The van der Waals surface area contributed by atoms with Crippen LogP contribution in [-0.2, 0) is 5.54 Å². The van der Waals surface area contributed by atoms with Crippen molar-refractivity contribution in [2.45, 2.75) is 44.5 Å². The van der Waals surface area contributed by atoms with Crippen molar-refractivity contribution in [3.63, 3.8) is 0 Å². The van der Waals surface area contributed by atoms with Gasteiger partial charge < -0.3 is 15.0 Å². The molecule has 3 rings (SSSR count). The Morgan fingerprint density at radius 1 is 1.25 bits per heavy atom. The summed E-state index contributed by atoms with van der Waals surface area (Å²) >= 11 is 0. The Bertz CT molecular complexity index is 965. The number of carbonyl (C=O) groups excluding carboxylic acids is 1. The van der Waals surface area contributed by atoms with Gasteiger partial charge in [-0.05, 0) is 44.4 Å². The summed E-state index contributed by atoms with van der Waals surface area (Å²) in [5.41, 5.74) is -1.49. The Morgan fingerprint density at radius 3 is 2.50 bits per heavy atom. The largest absolute Gasteiger partial charge is 0.573 e. The second-order valence-electron chi connectivity index (χ2n) is 7.06. The molecule has 0 saturated heterocycles. The summed E-state index contributed by atoms with van der Waals surface area (Å²) < 4.78 is 54.4. The highest BCUT2D eigenvalue weighted by atomic mass is 19.4. The molecular formula is C18H17F4N3O3. The molecule has 2 aromatic rings. The van der Waals surface area contributed by atoms with Gasteiger partial charge in [0, 0.05) is 12.0 Å². The van der Waals surface area contributed by atoms with Crippen molar-refractivity contribution in [2.75, 3.05) is 0 Å². The molecule has 0 bridgehead atoms. The molecule has 6 nitrogen and oxygen atoms in total. The standard InChI is InChI=1S/C18H17F4N3O3/c1-17(2,10-5-6-13(11(19)7-10)28-18(20,21)22)25-16(27)12-8-14(26)24-15(23-12)9-3-4-9/h5-9H,3-4H2,1-2H3,(H,25,27)(H,23,24,26). The minimum Gasteiger partial charge on any atom is -0.403 e. The van der Waals surface area contributed by atoms with Crippen LogP contribution in [0.25, 0.3) is 0 Å². The number of nitrogens with one attached hydrogen (secondary N) is 2. The minimum absolute atomic E-state index is 0.0868. The highest BCUT2D eigenvalue weighted by Gasteiger charge is 2.33. The summed E-state index contributed by atoms with van der Waals surface area (Å²) in [5, 5.41) is 2.61. The van der Waals surface area contributed by atoms with Gasteiger partial charge in [0.05, 0.1) is 5.54 Å². The fourth-order valence-electron chi connectivity index (χ4n) is 2.66. The summed E-state index contributed by atoms with van der Waals surface area (Å²) in [6, 6.07) is 3.95. The molecule has 0 radical (unpaired) electrons. The number of halogens is 4. The lowest BCUT2D eigenvalue weighted by molar-refractivity contribution is -0.275. The molecule has 1 aliphatic rings. The smallest absolute Gasteiger partial charge is 0.403 e. The molecule has 1 amide bonds. The lowest BCUT2D eigenvalue weighted by Crippen LogP contribution is -2.42. The van der Waals surface area contributed by atoms with E-state index in [0.717, 1.165) is 31.0 Å². The average molecular weight is 399 g/mol. The molecule has 0 aliphatic heterocycles. The monoisotopic (exact) mass is 399 g/mol. The molecule has 1 heterocycles. The van der Waals surface area contributed by atoms with Crippen LogP contribution in [0.4, 0.5) is 17.6 Å². The predicted molar refractivity (Wildman–Crippen MR) is 90.4 cm³/mol. The second kappa shape index (κ2) is 6.92. The normalized spacial score (nSPS) is 14.6. The van der Waals surface area contributed by atoms with E-state index < -0.39 is 34.9 Å². The number of nitrogens with zero attached hydrogens (tertiary/aromatic N) is 1. The molecule has 28 heavy (non-hydrogen) atoms. The highest BCUT2D eigenvalue weighted by Crippen LogP contribution is 2.37. The third-order valence-corrected chi connectivity index (χ3v) is 4.26. The van der Waals surface area contributed by atoms with E-state index in [1.54, 1.807) is 13.8 Å². The van der Waals surface area contributed by atoms with Crippen LogP contribution >= 0.6 is 0 Å². The van der Waals surface area contributed by atoms with E-state index in [4.69, 9.17) is 0 Å². The molecule has 2 N–H and O–H groups in total. The van der Waals surface area contributed by atoms with Gasteiger partial charge >= 0.3 is 6.36 Å². The molecule has 1 fully saturated rings. The Kier molecular flexibility index (Phi) is 4.90. The first kappa shape index (κ1) is 19.8. The summed E-state index contributed by atoms with van der Waals surface area (Å²) in [7, 11) is 0. The SMILES string of the molecule is CC(C)(NC(=O)c1cc(=O)[nH]c(C2CC2)n1)c1ccc(OC(F)(F)F)c(F)c1. The van der Waals surface area contributed by atoms with Crippen LogP contribution in [-0.4, -0.2) is 22.2 Å². The number of benzene rings is 1. The van der Waals surface area contributed by atoms with Crippen molar-refractivity contribution in [3.8, 4) is 5.75 Å². The van der Waals surface area contributed by atoms with Gasteiger partial charge in [-0.1, -0.05) is 6.07 Å². The summed E-state index contributed by atoms with van der Waals surface area (Å²) in [4.78, 5) is 31.0. The van der Waals surface area contributed by atoms with Crippen LogP contribution in [0.5, 0.6) is 5.75 Å². The predicted octanol–water partition coefficient (Wildman–Crippen LogP) is 3.35. The Hall–Kier alpha value is -2.91. The van der Waals surface area contributed by atoms with E-state index in [1.165, 1.54) is 6.07 Å². The van der Waals surface area contributed by atoms with Crippen LogP contribution in [0.3, 0.4) is 0 Å². The zero-order chi connectivity index (χ0) is 20.7. The van der Waals surface area contributed by atoms with Gasteiger partial charge in [0.15, 0.2) is 11.6 Å². The third kappa shape index (κ3) is 4.68. The number of aromatic nitrogens is 2. The molecule has 0 spiro atoms. The first-order valence-electron chi connectivity index (χ1n) is 8.44. The summed E-state index contributed by atoms with van der Waals surface area (Å²) in [5.74, 6) is -2.28. The maximum absolute atomic E-state index is 14.0. The molecule has 10 heteroatoms. The maximum Gasteiger partial charge on any atom is 0.573 e. The zero-order valence-corrected chi connectivity index (χ0v) is 15.0. The topological polar surface area (TPSA) is 84.1 Å². The first-order valence-corrected chi connectivity index (χ1v) is 8.44. The number of H-pyrrole nitrogens is 1. The van der Waals surface area contributed by atoms with Crippen molar-refractivity contribution in [3.05, 3.63) is 57.5 Å². The van der Waals surface area contributed by atoms with Crippen molar-refractivity contribution >= 4 is 5.91 Å². The summed E-state index contributed by atoms with van der Waals surface area (Å²) in [6.45, 7) is 3.08.